The molecule has 0 saturated carbocycles. The molecular weight excluding hydrogens is 222 g/mol. The summed E-state index contributed by atoms with van der Waals surface area (Å²) in [5.41, 5.74) is 6.15. The molecule has 0 aliphatic heterocycles. The molecule has 0 amide bonds. The minimum absolute atomic E-state index is 0.138. The standard InChI is InChI=1S/C12H17NO4/c1-15-7-4-8-16-12(14)9-17-11-6-3-2-5-10(11)13/h2-3,5-6H,4,7-9,13H2,1H3. The lowest BCUT2D eigenvalue weighted by Crippen LogP contribution is -2.16. The van der Waals surface area contributed by atoms with E-state index in [0.29, 0.717) is 31.1 Å². The zero-order chi connectivity index (χ0) is 12.5. The van der Waals surface area contributed by atoms with Gasteiger partial charge in [-0.1, -0.05) is 12.1 Å². The van der Waals surface area contributed by atoms with Crippen LogP contribution in [0.3, 0.4) is 0 Å². The smallest absolute Gasteiger partial charge is 0.344 e. The lowest BCUT2D eigenvalue weighted by molar-refractivity contribution is -0.146. The average molecular weight is 239 g/mol. The molecule has 0 aliphatic carbocycles. The van der Waals surface area contributed by atoms with Crippen LogP contribution in [0.25, 0.3) is 0 Å². The van der Waals surface area contributed by atoms with Crippen molar-refractivity contribution in [2.24, 2.45) is 0 Å². The maximum atomic E-state index is 11.3. The Bertz CT molecular complexity index is 354. The molecule has 5 nitrogen and oxygen atoms in total. The Morgan fingerprint density at radius 1 is 1.29 bits per heavy atom. The first kappa shape index (κ1) is 13.3. The molecule has 1 rings (SSSR count). The van der Waals surface area contributed by atoms with Crippen LogP contribution in [-0.4, -0.2) is 32.9 Å². The van der Waals surface area contributed by atoms with E-state index in [1.54, 1.807) is 31.4 Å². The van der Waals surface area contributed by atoms with E-state index in [2.05, 4.69) is 0 Å². The average Bonchev–Trinajstić information content (AvgIpc) is 2.34. The van der Waals surface area contributed by atoms with Crippen molar-refractivity contribution < 1.29 is 19.0 Å². The minimum atomic E-state index is -0.413. The van der Waals surface area contributed by atoms with E-state index >= 15 is 0 Å². The van der Waals surface area contributed by atoms with Gasteiger partial charge in [-0.15, -0.1) is 0 Å². The van der Waals surface area contributed by atoms with Gasteiger partial charge in [-0.05, 0) is 12.1 Å². The molecule has 0 spiro atoms. The van der Waals surface area contributed by atoms with Crippen LogP contribution < -0.4 is 10.5 Å². The molecule has 0 heterocycles. The van der Waals surface area contributed by atoms with Crippen LogP contribution >= 0.6 is 0 Å². The fourth-order valence-electron chi connectivity index (χ4n) is 1.18. The number of hydrogen-bond acceptors (Lipinski definition) is 5. The molecule has 0 radical (unpaired) electrons. The summed E-state index contributed by atoms with van der Waals surface area (Å²) < 4.78 is 15.0. The van der Waals surface area contributed by atoms with Gasteiger partial charge >= 0.3 is 5.97 Å². The summed E-state index contributed by atoms with van der Waals surface area (Å²) >= 11 is 0. The summed E-state index contributed by atoms with van der Waals surface area (Å²) in [6.45, 7) is 0.765. The van der Waals surface area contributed by atoms with Crippen molar-refractivity contribution in [3.63, 3.8) is 0 Å². The van der Waals surface area contributed by atoms with Crippen molar-refractivity contribution in [3.8, 4) is 5.75 Å². The second-order valence-corrected chi connectivity index (χ2v) is 3.39. The third-order valence-electron chi connectivity index (χ3n) is 2.02. The summed E-state index contributed by atoms with van der Waals surface area (Å²) in [7, 11) is 1.60. The van der Waals surface area contributed by atoms with Crippen molar-refractivity contribution >= 4 is 11.7 Å². The highest BCUT2D eigenvalue weighted by Gasteiger charge is 2.05. The number of hydrogen-bond donors (Lipinski definition) is 1. The number of methoxy groups -OCH3 is 1. The predicted octanol–water partition coefficient (Wildman–Crippen LogP) is 1.23. The highest BCUT2D eigenvalue weighted by molar-refractivity contribution is 5.71. The summed E-state index contributed by atoms with van der Waals surface area (Å²) in [4.78, 5) is 11.3. The largest absolute Gasteiger partial charge is 0.480 e. The molecule has 0 aliphatic rings. The number of nitrogens with two attached hydrogens (primary N) is 1. The Morgan fingerprint density at radius 2 is 2.06 bits per heavy atom. The van der Waals surface area contributed by atoms with Gasteiger partial charge in [-0.25, -0.2) is 4.79 Å². The molecule has 0 saturated heterocycles. The van der Waals surface area contributed by atoms with Gasteiger partial charge in [0.25, 0.3) is 0 Å². The van der Waals surface area contributed by atoms with Crippen LogP contribution in [0.1, 0.15) is 6.42 Å². The van der Waals surface area contributed by atoms with Crippen LogP contribution in [0.4, 0.5) is 5.69 Å². The Morgan fingerprint density at radius 3 is 2.76 bits per heavy atom. The van der Waals surface area contributed by atoms with Crippen LogP contribution in [0.2, 0.25) is 0 Å². The van der Waals surface area contributed by atoms with Crippen molar-refractivity contribution in [2.45, 2.75) is 6.42 Å². The molecule has 2 N–H and O–H groups in total. The van der Waals surface area contributed by atoms with Crippen LogP contribution in [0.5, 0.6) is 5.75 Å². The Balaban J connectivity index is 2.22. The van der Waals surface area contributed by atoms with E-state index in [0.717, 1.165) is 0 Å². The third-order valence-corrected chi connectivity index (χ3v) is 2.02. The third kappa shape index (κ3) is 5.21. The first-order valence-electron chi connectivity index (χ1n) is 5.36. The topological polar surface area (TPSA) is 70.8 Å². The fourth-order valence-corrected chi connectivity index (χ4v) is 1.18. The summed E-state index contributed by atoms with van der Waals surface area (Å²) in [6, 6.07) is 6.99. The molecule has 0 bridgehead atoms. The zero-order valence-corrected chi connectivity index (χ0v) is 9.85. The number of nitrogen functional groups attached to an aromatic ring is 1. The molecule has 94 valence electrons. The lowest BCUT2D eigenvalue weighted by Gasteiger charge is -2.08. The van der Waals surface area contributed by atoms with Crippen molar-refractivity contribution in [3.05, 3.63) is 24.3 Å². The number of carbonyl (C=O) groups excluding carboxylic acids is 1. The maximum Gasteiger partial charge on any atom is 0.344 e. The lowest BCUT2D eigenvalue weighted by atomic mass is 10.3. The van der Waals surface area contributed by atoms with E-state index < -0.39 is 5.97 Å². The second-order valence-electron chi connectivity index (χ2n) is 3.39. The van der Waals surface area contributed by atoms with Gasteiger partial charge in [-0.3, -0.25) is 0 Å². The minimum Gasteiger partial charge on any atom is -0.480 e. The second kappa shape index (κ2) is 7.51. The monoisotopic (exact) mass is 239 g/mol. The molecule has 0 aromatic heterocycles. The molecule has 1 aromatic rings. The van der Waals surface area contributed by atoms with Crippen molar-refractivity contribution in [2.75, 3.05) is 32.7 Å². The number of ether oxygens (including phenoxy) is 3. The molecule has 1 aromatic carbocycles. The normalized spacial score (nSPS) is 9.94. The maximum absolute atomic E-state index is 11.3. The molecule has 0 atom stereocenters. The van der Waals surface area contributed by atoms with Gasteiger partial charge in [0.05, 0.1) is 12.3 Å². The van der Waals surface area contributed by atoms with Crippen molar-refractivity contribution in [1.29, 1.82) is 0 Å². The van der Waals surface area contributed by atoms with E-state index in [4.69, 9.17) is 19.9 Å². The molecule has 5 heteroatoms. The number of anilines is 1. The van der Waals surface area contributed by atoms with Crippen LogP contribution in [-0.2, 0) is 14.3 Å². The summed E-state index contributed by atoms with van der Waals surface area (Å²) in [5.74, 6) is 0.0747. The van der Waals surface area contributed by atoms with Gasteiger partial charge in [0.1, 0.15) is 5.75 Å². The number of carbonyl (C=O) groups is 1. The first-order valence-corrected chi connectivity index (χ1v) is 5.36. The molecular formula is C12H17NO4. The highest BCUT2D eigenvalue weighted by Crippen LogP contribution is 2.19. The van der Waals surface area contributed by atoms with Crippen molar-refractivity contribution in [1.82, 2.24) is 0 Å². The molecule has 0 unspecified atom stereocenters. The summed E-state index contributed by atoms with van der Waals surface area (Å²) in [6.07, 6.45) is 0.676. The van der Waals surface area contributed by atoms with E-state index in [1.807, 2.05) is 0 Å². The van der Waals surface area contributed by atoms with E-state index in [9.17, 15) is 4.79 Å². The SMILES string of the molecule is COCCCOC(=O)COc1ccccc1N. The Labute approximate surface area is 100 Å². The van der Waals surface area contributed by atoms with E-state index in [1.165, 1.54) is 0 Å². The van der Waals surface area contributed by atoms with Gasteiger partial charge in [0.2, 0.25) is 0 Å². The number of rotatable bonds is 7. The Hall–Kier alpha value is -1.75. The molecule has 0 fully saturated rings. The number of benzene rings is 1. The predicted molar refractivity (Wildman–Crippen MR) is 63.8 cm³/mol. The highest BCUT2D eigenvalue weighted by atomic mass is 16.6. The van der Waals surface area contributed by atoms with E-state index in [-0.39, 0.29) is 6.61 Å². The van der Waals surface area contributed by atoms with Gasteiger partial charge in [0, 0.05) is 20.1 Å². The van der Waals surface area contributed by atoms with Crippen LogP contribution in [0.15, 0.2) is 24.3 Å². The van der Waals surface area contributed by atoms with Gasteiger partial charge in [-0.2, -0.15) is 0 Å². The fraction of sp³-hybridized carbons (Fsp3) is 0.417. The first-order chi connectivity index (χ1) is 8.24. The molecule has 17 heavy (non-hydrogen) atoms. The zero-order valence-electron chi connectivity index (χ0n) is 9.85. The Kier molecular flexibility index (Phi) is 5.88. The number of para-hydroxylation sites is 2. The quantitative estimate of drug-likeness (QED) is 0.440. The van der Waals surface area contributed by atoms with Crippen LogP contribution in [0, 0.1) is 0 Å². The van der Waals surface area contributed by atoms with Gasteiger partial charge < -0.3 is 19.9 Å². The van der Waals surface area contributed by atoms with Gasteiger partial charge in [0.15, 0.2) is 6.61 Å². The summed E-state index contributed by atoms with van der Waals surface area (Å²) in [5, 5.41) is 0. The number of esters is 1.